The second-order valence-corrected chi connectivity index (χ2v) is 7.83. The molecule has 0 radical (unpaired) electrons. The van der Waals surface area contributed by atoms with Gasteiger partial charge < -0.3 is 20.1 Å². The van der Waals surface area contributed by atoms with Gasteiger partial charge in [-0.3, -0.25) is 14.4 Å². The predicted octanol–water partition coefficient (Wildman–Crippen LogP) is 3.29. The minimum Gasteiger partial charge on any atom is -0.495 e. The summed E-state index contributed by atoms with van der Waals surface area (Å²) in [7, 11) is 1.49. The number of methoxy groups -OCH3 is 1. The summed E-state index contributed by atoms with van der Waals surface area (Å²) in [4.78, 5) is 36.5. The molecular weight excluding hydrogens is 384 g/mol. The maximum Gasteiger partial charge on any atom is 0.326 e. The summed E-state index contributed by atoms with van der Waals surface area (Å²) in [6.45, 7) is 7.37. The highest BCUT2D eigenvalue weighted by molar-refractivity contribution is 5.98. The van der Waals surface area contributed by atoms with Crippen molar-refractivity contribution in [2.75, 3.05) is 19.0 Å². The Labute approximate surface area is 176 Å². The number of carbonyl (C=O) groups excluding carboxylic acids is 3. The smallest absolute Gasteiger partial charge is 0.326 e. The molecule has 0 aliphatic rings. The minimum atomic E-state index is -1.04. The fourth-order valence-electron chi connectivity index (χ4n) is 2.65. The van der Waals surface area contributed by atoms with Gasteiger partial charge in [-0.05, 0) is 42.2 Å². The first-order valence-electron chi connectivity index (χ1n) is 9.64. The van der Waals surface area contributed by atoms with E-state index in [0.717, 1.165) is 5.56 Å². The second kappa shape index (κ2) is 9.91. The lowest BCUT2D eigenvalue weighted by molar-refractivity contribution is -0.152. The Bertz CT molecular complexity index is 901. The molecule has 2 aromatic rings. The molecule has 0 aromatic heterocycles. The lowest BCUT2D eigenvalue weighted by atomic mass is 9.87. The van der Waals surface area contributed by atoms with Crippen molar-refractivity contribution >= 4 is 23.5 Å². The van der Waals surface area contributed by atoms with Crippen LogP contribution in [0.2, 0.25) is 0 Å². The molecule has 2 N–H and O–H groups in total. The van der Waals surface area contributed by atoms with Gasteiger partial charge >= 0.3 is 5.97 Å². The first-order valence-corrected chi connectivity index (χ1v) is 9.64. The average molecular weight is 412 g/mol. The van der Waals surface area contributed by atoms with E-state index in [0.29, 0.717) is 17.0 Å². The van der Waals surface area contributed by atoms with Crippen LogP contribution >= 0.6 is 0 Å². The van der Waals surface area contributed by atoms with Crippen molar-refractivity contribution in [2.45, 2.75) is 39.2 Å². The number of rotatable bonds is 7. The topological polar surface area (TPSA) is 93.7 Å². The van der Waals surface area contributed by atoms with Crippen LogP contribution in [0.1, 0.15) is 43.6 Å². The lowest BCUT2D eigenvalue weighted by Crippen LogP contribution is -2.35. The van der Waals surface area contributed by atoms with Gasteiger partial charge in [0, 0.05) is 5.56 Å². The Morgan fingerprint density at radius 3 is 2.23 bits per heavy atom. The zero-order valence-corrected chi connectivity index (χ0v) is 17.9. The summed E-state index contributed by atoms with van der Waals surface area (Å²) in [5.74, 6) is -1.11. The van der Waals surface area contributed by atoms with E-state index >= 15 is 0 Å². The Balaban J connectivity index is 1.84. The summed E-state index contributed by atoms with van der Waals surface area (Å²) in [5.41, 5.74) is 2.00. The van der Waals surface area contributed by atoms with E-state index in [1.807, 2.05) is 12.1 Å². The number of carbonyl (C=O) groups is 3. The van der Waals surface area contributed by atoms with Crippen molar-refractivity contribution in [1.29, 1.82) is 0 Å². The first kappa shape index (κ1) is 22.9. The highest BCUT2D eigenvalue weighted by atomic mass is 16.5. The van der Waals surface area contributed by atoms with Crippen LogP contribution in [0.4, 0.5) is 5.69 Å². The molecule has 0 spiro atoms. The van der Waals surface area contributed by atoms with E-state index in [1.165, 1.54) is 14.0 Å². The lowest BCUT2D eigenvalue weighted by Gasteiger charge is -2.19. The maximum absolute atomic E-state index is 12.3. The van der Waals surface area contributed by atoms with Crippen LogP contribution in [0, 0.1) is 0 Å². The highest BCUT2D eigenvalue weighted by Gasteiger charge is 2.20. The van der Waals surface area contributed by atoms with Crippen LogP contribution in [0.25, 0.3) is 0 Å². The first-order chi connectivity index (χ1) is 14.1. The van der Waals surface area contributed by atoms with Crippen molar-refractivity contribution in [3.63, 3.8) is 0 Å². The zero-order valence-electron chi connectivity index (χ0n) is 17.9. The van der Waals surface area contributed by atoms with E-state index in [9.17, 15) is 14.4 Å². The molecule has 0 saturated heterocycles. The third-order valence-electron chi connectivity index (χ3n) is 4.45. The average Bonchev–Trinajstić information content (AvgIpc) is 2.71. The molecule has 2 amide bonds. The molecule has 7 heteroatoms. The number of hydrogen-bond donors (Lipinski definition) is 2. The van der Waals surface area contributed by atoms with E-state index in [1.54, 1.807) is 36.4 Å². The van der Waals surface area contributed by atoms with Gasteiger partial charge in [0.25, 0.3) is 11.8 Å². The summed E-state index contributed by atoms with van der Waals surface area (Å²) in [6, 6.07) is 14.1. The number of nitrogens with one attached hydrogen (secondary N) is 2. The number of amides is 2. The molecule has 1 unspecified atom stereocenters. The van der Waals surface area contributed by atoms with Crippen LogP contribution in [0.5, 0.6) is 5.75 Å². The number of ether oxygens (including phenoxy) is 2. The van der Waals surface area contributed by atoms with Gasteiger partial charge in [0.05, 0.1) is 12.8 Å². The summed E-state index contributed by atoms with van der Waals surface area (Å²) in [5, 5.41) is 5.15. The molecule has 0 fully saturated rings. The fraction of sp³-hybridized carbons (Fsp3) is 0.348. The summed E-state index contributed by atoms with van der Waals surface area (Å²) >= 11 is 0. The largest absolute Gasteiger partial charge is 0.495 e. The Hall–Kier alpha value is -3.35. The predicted molar refractivity (Wildman–Crippen MR) is 115 cm³/mol. The molecule has 0 aliphatic heterocycles. The molecule has 160 valence electrons. The Kier molecular flexibility index (Phi) is 7.58. The van der Waals surface area contributed by atoms with E-state index < -0.39 is 23.9 Å². The standard InChI is InChI=1S/C23H28N2O5/c1-15(21(27)25-18-8-6-7-9-19(18)29-5)30-20(26)14-24-22(28)16-10-12-17(13-11-16)23(2,3)4/h6-13,15H,14H2,1-5H3,(H,24,28)(H,25,27). The minimum absolute atomic E-state index is 0.0146. The van der Waals surface area contributed by atoms with Crippen molar-refractivity contribution in [3.8, 4) is 5.75 Å². The van der Waals surface area contributed by atoms with Gasteiger partial charge in [-0.15, -0.1) is 0 Å². The fourth-order valence-corrected chi connectivity index (χ4v) is 2.65. The van der Waals surface area contributed by atoms with Crippen molar-refractivity contribution in [2.24, 2.45) is 0 Å². The number of hydrogen-bond acceptors (Lipinski definition) is 5. The molecule has 0 heterocycles. The van der Waals surface area contributed by atoms with Crippen molar-refractivity contribution in [3.05, 3.63) is 59.7 Å². The second-order valence-electron chi connectivity index (χ2n) is 7.83. The molecule has 0 aliphatic carbocycles. The molecular formula is C23H28N2O5. The van der Waals surface area contributed by atoms with Crippen LogP contribution < -0.4 is 15.4 Å². The van der Waals surface area contributed by atoms with Gasteiger partial charge in [0.15, 0.2) is 6.10 Å². The monoisotopic (exact) mass is 412 g/mol. The van der Waals surface area contributed by atoms with Gasteiger partial charge in [-0.25, -0.2) is 0 Å². The molecule has 2 rings (SSSR count). The zero-order chi connectivity index (χ0) is 22.3. The van der Waals surface area contributed by atoms with Gasteiger partial charge in [-0.1, -0.05) is 45.0 Å². The number of esters is 1. The molecule has 1 atom stereocenters. The van der Waals surface area contributed by atoms with Crippen LogP contribution in [0.15, 0.2) is 48.5 Å². The van der Waals surface area contributed by atoms with Crippen LogP contribution in [0.3, 0.4) is 0 Å². The molecule has 30 heavy (non-hydrogen) atoms. The third kappa shape index (κ3) is 6.34. The van der Waals surface area contributed by atoms with E-state index in [4.69, 9.17) is 9.47 Å². The Morgan fingerprint density at radius 2 is 1.63 bits per heavy atom. The highest BCUT2D eigenvalue weighted by Crippen LogP contribution is 2.23. The van der Waals surface area contributed by atoms with E-state index in [-0.39, 0.29) is 12.0 Å². The van der Waals surface area contributed by atoms with Crippen LogP contribution in [-0.4, -0.2) is 37.5 Å². The quantitative estimate of drug-likeness (QED) is 0.681. The van der Waals surface area contributed by atoms with Crippen molar-refractivity contribution in [1.82, 2.24) is 5.32 Å². The number of anilines is 1. The Morgan fingerprint density at radius 1 is 1.00 bits per heavy atom. The van der Waals surface area contributed by atoms with Crippen LogP contribution in [-0.2, 0) is 19.7 Å². The third-order valence-corrected chi connectivity index (χ3v) is 4.45. The van der Waals surface area contributed by atoms with Gasteiger partial charge in [-0.2, -0.15) is 0 Å². The van der Waals surface area contributed by atoms with Crippen molar-refractivity contribution < 1.29 is 23.9 Å². The molecule has 7 nitrogen and oxygen atoms in total. The van der Waals surface area contributed by atoms with E-state index in [2.05, 4.69) is 31.4 Å². The normalized spacial score (nSPS) is 11.9. The number of benzene rings is 2. The maximum atomic E-state index is 12.3. The van der Waals surface area contributed by atoms with Gasteiger partial charge in [0.1, 0.15) is 12.3 Å². The number of para-hydroxylation sites is 2. The summed E-state index contributed by atoms with van der Waals surface area (Å²) < 4.78 is 10.3. The summed E-state index contributed by atoms with van der Waals surface area (Å²) in [6.07, 6.45) is -1.04. The van der Waals surface area contributed by atoms with Gasteiger partial charge in [0.2, 0.25) is 0 Å². The molecule has 0 bridgehead atoms. The SMILES string of the molecule is COc1ccccc1NC(=O)C(C)OC(=O)CNC(=O)c1ccc(C(C)(C)C)cc1. The molecule has 2 aromatic carbocycles. The molecule has 0 saturated carbocycles.